The van der Waals surface area contributed by atoms with Gasteiger partial charge >= 0.3 is 6.03 Å². The molecule has 3 aliphatic rings. The van der Waals surface area contributed by atoms with Gasteiger partial charge in [0, 0.05) is 49.9 Å². The first-order valence-corrected chi connectivity index (χ1v) is 8.92. The van der Waals surface area contributed by atoms with Gasteiger partial charge in [0.15, 0.2) is 17.5 Å². The lowest BCUT2D eigenvalue weighted by atomic mass is 9.76. The molecule has 1 N–H and O–H groups in total. The summed E-state index contributed by atoms with van der Waals surface area (Å²) in [6, 6.07) is 1.25. The van der Waals surface area contributed by atoms with E-state index in [2.05, 4.69) is 5.32 Å². The summed E-state index contributed by atoms with van der Waals surface area (Å²) in [6.45, 7) is 1.65. The third-order valence-electron chi connectivity index (χ3n) is 5.70. The van der Waals surface area contributed by atoms with Crippen LogP contribution in [0.4, 0.5) is 23.7 Å². The summed E-state index contributed by atoms with van der Waals surface area (Å²) >= 11 is 0. The van der Waals surface area contributed by atoms with Crippen LogP contribution in [0.5, 0.6) is 0 Å². The first kappa shape index (κ1) is 17.2. The van der Waals surface area contributed by atoms with Crippen LogP contribution in [0.2, 0.25) is 0 Å². The van der Waals surface area contributed by atoms with Crippen LogP contribution in [-0.2, 0) is 4.79 Å². The van der Waals surface area contributed by atoms with Crippen LogP contribution < -0.4 is 5.32 Å². The van der Waals surface area contributed by atoms with Gasteiger partial charge in [0.2, 0.25) is 5.91 Å². The van der Waals surface area contributed by atoms with Crippen LogP contribution in [0.15, 0.2) is 12.1 Å². The van der Waals surface area contributed by atoms with Crippen LogP contribution in [0, 0.1) is 29.3 Å². The van der Waals surface area contributed by atoms with Gasteiger partial charge < -0.3 is 15.1 Å². The Hall–Kier alpha value is -2.25. The van der Waals surface area contributed by atoms with Crippen molar-refractivity contribution in [1.82, 2.24) is 9.80 Å². The average Bonchev–Trinajstić information content (AvgIpc) is 2.60. The Bertz CT molecular complexity index is 734. The number of carbonyl (C=O) groups excluding carboxylic acids is 2. The molecule has 8 heteroatoms. The summed E-state index contributed by atoms with van der Waals surface area (Å²) in [7, 11) is 0. The van der Waals surface area contributed by atoms with Crippen molar-refractivity contribution in [3.05, 3.63) is 29.6 Å². The second-order valence-corrected chi connectivity index (χ2v) is 7.46. The first-order valence-electron chi connectivity index (χ1n) is 8.92. The monoisotopic (exact) mass is 367 g/mol. The Morgan fingerprint density at radius 3 is 2.58 bits per heavy atom. The lowest BCUT2D eigenvalue weighted by molar-refractivity contribution is -0.144. The summed E-state index contributed by atoms with van der Waals surface area (Å²) in [5.74, 6) is -3.61. The molecule has 0 spiro atoms. The molecule has 1 aromatic carbocycles. The molecule has 0 radical (unpaired) electrons. The molecule has 3 fully saturated rings. The van der Waals surface area contributed by atoms with Crippen molar-refractivity contribution in [3.63, 3.8) is 0 Å². The van der Waals surface area contributed by atoms with Crippen LogP contribution in [0.3, 0.4) is 0 Å². The van der Waals surface area contributed by atoms with E-state index in [-0.39, 0.29) is 29.5 Å². The van der Waals surface area contributed by atoms with Gasteiger partial charge in [-0.25, -0.2) is 18.0 Å². The van der Waals surface area contributed by atoms with E-state index >= 15 is 0 Å². The lowest BCUT2D eigenvalue weighted by Gasteiger charge is -2.52. The van der Waals surface area contributed by atoms with E-state index in [1.807, 2.05) is 4.90 Å². The topological polar surface area (TPSA) is 52.7 Å². The molecule has 3 atom stereocenters. The Kier molecular flexibility index (Phi) is 4.28. The van der Waals surface area contributed by atoms with Gasteiger partial charge in [-0.15, -0.1) is 0 Å². The zero-order valence-electron chi connectivity index (χ0n) is 14.2. The van der Waals surface area contributed by atoms with Crippen molar-refractivity contribution in [1.29, 1.82) is 0 Å². The van der Waals surface area contributed by atoms with Crippen LogP contribution in [-0.4, -0.2) is 47.4 Å². The van der Waals surface area contributed by atoms with Crippen LogP contribution in [0.1, 0.15) is 25.7 Å². The zero-order chi connectivity index (χ0) is 18.4. The van der Waals surface area contributed by atoms with Crippen LogP contribution >= 0.6 is 0 Å². The number of nitrogens with one attached hydrogen (secondary N) is 1. The van der Waals surface area contributed by atoms with Crippen molar-refractivity contribution in [2.45, 2.75) is 31.7 Å². The van der Waals surface area contributed by atoms with E-state index in [1.54, 1.807) is 4.90 Å². The number of fused-ring (bicyclic) bond motifs is 4. The molecular weight excluding hydrogens is 347 g/mol. The number of likely N-dealkylation sites (tertiary alicyclic amines) is 1. The molecule has 0 unspecified atom stereocenters. The maximum atomic E-state index is 13.3. The molecule has 140 valence electrons. The molecule has 26 heavy (non-hydrogen) atoms. The van der Waals surface area contributed by atoms with Gasteiger partial charge in [0.05, 0.1) is 0 Å². The molecule has 3 aliphatic heterocycles. The van der Waals surface area contributed by atoms with E-state index in [4.69, 9.17) is 0 Å². The molecular formula is C18H20F3N3O2. The molecule has 2 bridgehead atoms. The van der Waals surface area contributed by atoms with E-state index in [1.165, 1.54) is 0 Å². The number of halogens is 3. The van der Waals surface area contributed by atoms with Crippen molar-refractivity contribution in [2.24, 2.45) is 11.8 Å². The normalized spacial score (nSPS) is 28.0. The fraction of sp³-hybridized carbons (Fsp3) is 0.556. The molecule has 3 amide bonds. The predicted molar refractivity (Wildman–Crippen MR) is 87.9 cm³/mol. The molecule has 4 rings (SSSR count). The molecule has 0 saturated carbocycles. The van der Waals surface area contributed by atoms with Crippen LogP contribution in [0.25, 0.3) is 0 Å². The highest BCUT2D eigenvalue weighted by Crippen LogP contribution is 2.38. The van der Waals surface area contributed by atoms with Crippen molar-refractivity contribution < 1.29 is 22.8 Å². The van der Waals surface area contributed by atoms with Gasteiger partial charge in [0.1, 0.15) is 0 Å². The third kappa shape index (κ3) is 3.01. The largest absolute Gasteiger partial charge is 0.339 e. The highest BCUT2D eigenvalue weighted by atomic mass is 19.2. The van der Waals surface area contributed by atoms with Gasteiger partial charge in [-0.05, 0) is 31.1 Å². The maximum absolute atomic E-state index is 13.3. The van der Waals surface area contributed by atoms with Gasteiger partial charge in [0.25, 0.3) is 0 Å². The fourth-order valence-electron chi connectivity index (χ4n) is 4.61. The molecule has 0 aromatic heterocycles. The number of carbonyl (C=O) groups is 2. The van der Waals surface area contributed by atoms with E-state index in [9.17, 15) is 22.8 Å². The highest BCUT2D eigenvalue weighted by Gasteiger charge is 2.44. The summed E-state index contributed by atoms with van der Waals surface area (Å²) in [6.07, 6.45) is 3.41. The second kappa shape index (κ2) is 6.48. The Labute approximate surface area is 149 Å². The third-order valence-corrected chi connectivity index (χ3v) is 5.70. The number of amides is 3. The fourth-order valence-corrected chi connectivity index (χ4v) is 4.61. The quantitative estimate of drug-likeness (QED) is 0.776. The van der Waals surface area contributed by atoms with Crippen molar-refractivity contribution in [2.75, 3.05) is 25.0 Å². The lowest BCUT2D eigenvalue weighted by Crippen LogP contribution is -2.61. The number of hydrogen-bond donors (Lipinski definition) is 1. The summed E-state index contributed by atoms with van der Waals surface area (Å²) in [5.41, 5.74) is -0.114. The Morgan fingerprint density at radius 2 is 1.85 bits per heavy atom. The molecule has 3 saturated heterocycles. The Balaban J connectivity index is 1.46. The number of nitrogens with zero attached hydrogens (tertiary/aromatic N) is 2. The van der Waals surface area contributed by atoms with E-state index < -0.39 is 23.5 Å². The maximum Gasteiger partial charge on any atom is 0.321 e. The molecule has 0 aliphatic carbocycles. The Morgan fingerprint density at radius 1 is 1.12 bits per heavy atom. The van der Waals surface area contributed by atoms with Crippen molar-refractivity contribution in [3.8, 4) is 0 Å². The number of rotatable bonds is 1. The second-order valence-electron chi connectivity index (χ2n) is 7.46. The van der Waals surface area contributed by atoms with Gasteiger partial charge in [-0.3, -0.25) is 4.79 Å². The minimum Gasteiger partial charge on any atom is -0.339 e. The van der Waals surface area contributed by atoms with Gasteiger partial charge in [-0.2, -0.15) is 0 Å². The van der Waals surface area contributed by atoms with Gasteiger partial charge in [-0.1, -0.05) is 0 Å². The first-order chi connectivity index (χ1) is 12.4. The summed E-state index contributed by atoms with van der Waals surface area (Å²) < 4.78 is 39.7. The van der Waals surface area contributed by atoms with E-state index in [0.29, 0.717) is 26.1 Å². The number of hydrogen-bond acceptors (Lipinski definition) is 2. The molecule has 5 nitrogen and oxygen atoms in total. The SMILES string of the molecule is O=C(Nc1cc(F)c(F)c(F)c1)N1C[C@H]2C[C@H](C1)[C@H]1CCCC(=O)N1C2. The minimum absolute atomic E-state index is 0.114. The number of urea groups is 1. The average molecular weight is 367 g/mol. The zero-order valence-corrected chi connectivity index (χ0v) is 14.2. The standard InChI is InChI=1S/C18H20F3N3O2/c19-13-5-12(6-14(20)17(13)21)22-18(26)23-7-10-4-11(9-23)15-2-1-3-16(25)24(15)8-10/h5-6,10-11,15H,1-4,7-9H2,(H,22,26)/t10-,11-,15-/m1/s1. The van der Waals surface area contributed by atoms with Crippen molar-refractivity contribution >= 4 is 17.6 Å². The predicted octanol–water partition coefficient (Wildman–Crippen LogP) is 2.97. The number of piperidine rings is 3. The minimum atomic E-state index is -1.56. The summed E-state index contributed by atoms with van der Waals surface area (Å²) in [5, 5.41) is 2.45. The van der Waals surface area contributed by atoms with E-state index in [0.717, 1.165) is 31.4 Å². The number of benzene rings is 1. The summed E-state index contributed by atoms with van der Waals surface area (Å²) in [4.78, 5) is 28.3. The number of anilines is 1. The molecule has 1 aromatic rings. The smallest absolute Gasteiger partial charge is 0.321 e. The molecule has 3 heterocycles. The highest BCUT2D eigenvalue weighted by molar-refractivity contribution is 5.89.